The zero-order chi connectivity index (χ0) is 29.3. The van der Waals surface area contributed by atoms with Crippen molar-refractivity contribution in [3.8, 4) is 22.5 Å². The molecule has 7 nitrogen and oxygen atoms in total. The van der Waals surface area contributed by atoms with Gasteiger partial charge in [-0.1, -0.05) is 55.5 Å². The van der Waals surface area contributed by atoms with Gasteiger partial charge in [-0.05, 0) is 78.7 Å². The van der Waals surface area contributed by atoms with E-state index in [1.54, 1.807) is 6.33 Å². The molecule has 7 heteroatoms. The lowest BCUT2D eigenvalue weighted by Gasteiger charge is -2.34. The molecule has 3 aromatic carbocycles. The molecule has 1 aliphatic carbocycles. The van der Waals surface area contributed by atoms with Crippen LogP contribution in [0.1, 0.15) is 52.7 Å². The minimum absolute atomic E-state index is 0.106. The van der Waals surface area contributed by atoms with E-state index in [-0.39, 0.29) is 5.91 Å². The van der Waals surface area contributed by atoms with Crippen molar-refractivity contribution < 1.29 is 4.79 Å². The van der Waals surface area contributed by atoms with Crippen LogP contribution in [0, 0.1) is 6.92 Å². The smallest absolute Gasteiger partial charge is 0.255 e. The van der Waals surface area contributed by atoms with Crippen molar-refractivity contribution in [1.29, 1.82) is 0 Å². The Kier molecular flexibility index (Phi) is 7.51. The van der Waals surface area contributed by atoms with Gasteiger partial charge in [0.1, 0.15) is 12.0 Å². The second kappa shape index (κ2) is 11.7. The third-order valence-corrected chi connectivity index (χ3v) is 9.07. The van der Waals surface area contributed by atoms with Gasteiger partial charge < -0.3 is 15.2 Å². The Hall–Kier alpha value is -4.33. The third-order valence-electron chi connectivity index (χ3n) is 9.07. The summed E-state index contributed by atoms with van der Waals surface area (Å²) < 4.78 is 0. The van der Waals surface area contributed by atoms with Gasteiger partial charge >= 0.3 is 0 Å². The number of rotatable bonds is 8. The third kappa shape index (κ3) is 5.83. The molecule has 2 fully saturated rings. The predicted octanol–water partition coefficient (Wildman–Crippen LogP) is 6.87. The molecule has 0 unspecified atom stereocenters. The lowest BCUT2D eigenvalue weighted by molar-refractivity contribution is 0.102. The highest BCUT2D eigenvalue weighted by molar-refractivity contribution is 6.05. The van der Waals surface area contributed by atoms with Crippen LogP contribution < -0.4 is 5.32 Å². The highest BCUT2D eigenvalue weighted by atomic mass is 16.1. The highest BCUT2D eigenvalue weighted by Gasteiger charge is 2.23. The Labute approximate surface area is 253 Å². The molecule has 2 N–H and O–H groups in total. The van der Waals surface area contributed by atoms with E-state index in [2.05, 4.69) is 80.5 Å². The summed E-state index contributed by atoms with van der Waals surface area (Å²) in [5.74, 6) is 0.567. The van der Waals surface area contributed by atoms with Crippen molar-refractivity contribution in [3.63, 3.8) is 0 Å². The van der Waals surface area contributed by atoms with Gasteiger partial charge in [-0.3, -0.25) is 9.69 Å². The number of carbonyl (C=O) groups is 1. The molecule has 0 radical (unpaired) electrons. The van der Waals surface area contributed by atoms with Crippen molar-refractivity contribution in [2.24, 2.45) is 0 Å². The largest absolute Gasteiger partial charge is 0.339 e. The van der Waals surface area contributed by atoms with Gasteiger partial charge in [-0.2, -0.15) is 0 Å². The monoisotopic (exact) mass is 570 g/mol. The van der Waals surface area contributed by atoms with E-state index in [1.165, 1.54) is 24.0 Å². The maximum Gasteiger partial charge on any atom is 0.255 e. The number of nitrogens with zero attached hydrogens (tertiary/aromatic N) is 4. The minimum atomic E-state index is -0.106. The molecule has 0 bridgehead atoms. The molecular formula is C36H38N6O. The number of carbonyl (C=O) groups excluding carboxylic acids is 1. The molecule has 1 aliphatic heterocycles. The van der Waals surface area contributed by atoms with E-state index in [0.717, 1.165) is 84.1 Å². The van der Waals surface area contributed by atoms with Crippen LogP contribution in [0.4, 0.5) is 5.69 Å². The van der Waals surface area contributed by atoms with Crippen LogP contribution in [-0.2, 0) is 6.54 Å². The number of H-pyrrole nitrogens is 1. The summed E-state index contributed by atoms with van der Waals surface area (Å²) in [5.41, 5.74) is 9.81. The van der Waals surface area contributed by atoms with Crippen molar-refractivity contribution in [1.82, 2.24) is 24.8 Å². The van der Waals surface area contributed by atoms with Crippen molar-refractivity contribution in [2.75, 3.05) is 38.0 Å². The number of piperazine rings is 1. The standard InChI is InChI=1S/C36H38N6O/c1-3-41-17-19-42(20-18-41)22-25-7-9-28(10-8-25)33-21-31-34(37-23-38-35(31)39-33)30-5-4-6-32(24(30)2)40-36(43)29-15-13-27(14-16-29)26-11-12-26/h4-10,13-16,21,23,26H,3,11-12,17-20,22H2,1-2H3,(H,40,43)(H,37,38,39). The zero-order valence-corrected chi connectivity index (χ0v) is 24.9. The van der Waals surface area contributed by atoms with Crippen LogP contribution in [0.5, 0.6) is 0 Å². The maximum absolute atomic E-state index is 13.1. The quantitative estimate of drug-likeness (QED) is 0.213. The van der Waals surface area contributed by atoms with Gasteiger partial charge in [-0.15, -0.1) is 0 Å². The second-order valence-corrected chi connectivity index (χ2v) is 11.9. The molecule has 0 atom stereocenters. The van der Waals surface area contributed by atoms with Crippen molar-refractivity contribution in [3.05, 3.63) is 101 Å². The number of fused-ring (bicyclic) bond motifs is 1. The Balaban J connectivity index is 1.10. The van der Waals surface area contributed by atoms with E-state index < -0.39 is 0 Å². The van der Waals surface area contributed by atoms with Crippen molar-refractivity contribution >= 4 is 22.6 Å². The number of anilines is 1. The van der Waals surface area contributed by atoms with Gasteiger partial charge in [0, 0.05) is 60.6 Å². The molecule has 2 aliphatic rings. The second-order valence-electron chi connectivity index (χ2n) is 11.9. The minimum Gasteiger partial charge on any atom is -0.339 e. The molecule has 5 aromatic rings. The van der Waals surface area contributed by atoms with Crippen LogP contribution in [0.25, 0.3) is 33.5 Å². The SMILES string of the molecule is CCN1CCN(Cc2ccc(-c3cc4c(-c5cccc(NC(=O)c6ccc(C7CC7)cc6)c5C)ncnc4[nH]3)cc2)CC1. The molecule has 218 valence electrons. The lowest BCUT2D eigenvalue weighted by atomic mass is 10.0. The normalized spacial score (nSPS) is 16.0. The summed E-state index contributed by atoms with van der Waals surface area (Å²) >= 11 is 0. The van der Waals surface area contributed by atoms with Gasteiger partial charge in [-0.25, -0.2) is 9.97 Å². The predicted molar refractivity (Wildman–Crippen MR) is 173 cm³/mol. The summed E-state index contributed by atoms with van der Waals surface area (Å²) in [6.07, 6.45) is 4.10. The number of likely N-dealkylation sites (N-methyl/N-ethyl adjacent to an activating group) is 1. The van der Waals surface area contributed by atoms with E-state index >= 15 is 0 Å². The lowest BCUT2D eigenvalue weighted by Crippen LogP contribution is -2.45. The number of nitrogens with one attached hydrogen (secondary N) is 2. The number of aromatic amines is 1. The average Bonchev–Trinajstić information content (AvgIpc) is 3.80. The summed E-state index contributed by atoms with van der Waals surface area (Å²) in [6, 6.07) is 25.0. The number of aromatic nitrogens is 3. The van der Waals surface area contributed by atoms with Gasteiger partial charge in [0.15, 0.2) is 0 Å². The molecule has 3 heterocycles. The van der Waals surface area contributed by atoms with E-state index in [1.807, 2.05) is 31.2 Å². The summed E-state index contributed by atoms with van der Waals surface area (Å²) in [5, 5.41) is 4.08. The Bertz CT molecular complexity index is 1750. The highest BCUT2D eigenvalue weighted by Crippen LogP contribution is 2.40. The summed E-state index contributed by atoms with van der Waals surface area (Å²) in [7, 11) is 0. The fourth-order valence-electron chi connectivity index (χ4n) is 6.17. The maximum atomic E-state index is 13.1. The molecule has 1 amide bonds. The molecule has 2 aromatic heterocycles. The Morgan fingerprint density at radius 2 is 1.67 bits per heavy atom. The first-order chi connectivity index (χ1) is 21.1. The molecule has 1 saturated carbocycles. The number of amides is 1. The topological polar surface area (TPSA) is 77.2 Å². The fourth-order valence-corrected chi connectivity index (χ4v) is 6.17. The van der Waals surface area contributed by atoms with Crippen LogP contribution in [-0.4, -0.2) is 63.4 Å². The number of benzene rings is 3. The van der Waals surface area contributed by atoms with E-state index in [4.69, 9.17) is 4.98 Å². The van der Waals surface area contributed by atoms with Gasteiger partial charge in [0.2, 0.25) is 0 Å². The first-order valence-corrected chi connectivity index (χ1v) is 15.4. The zero-order valence-electron chi connectivity index (χ0n) is 24.9. The first kappa shape index (κ1) is 27.5. The molecular weight excluding hydrogens is 532 g/mol. The first-order valence-electron chi connectivity index (χ1n) is 15.4. The molecule has 1 saturated heterocycles. The Morgan fingerprint density at radius 1 is 0.930 bits per heavy atom. The molecule has 43 heavy (non-hydrogen) atoms. The summed E-state index contributed by atoms with van der Waals surface area (Å²) in [4.78, 5) is 30.9. The molecule has 7 rings (SSSR count). The van der Waals surface area contributed by atoms with Crippen LogP contribution in [0.3, 0.4) is 0 Å². The summed E-state index contributed by atoms with van der Waals surface area (Å²) in [6.45, 7) is 10.9. The van der Waals surface area contributed by atoms with Crippen molar-refractivity contribution in [2.45, 2.75) is 39.2 Å². The van der Waals surface area contributed by atoms with Gasteiger partial charge in [0.05, 0.1) is 5.69 Å². The number of hydrogen-bond donors (Lipinski definition) is 2. The number of hydrogen-bond acceptors (Lipinski definition) is 5. The van der Waals surface area contributed by atoms with Crippen LogP contribution in [0.15, 0.2) is 79.1 Å². The van der Waals surface area contributed by atoms with Crippen LogP contribution in [0.2, 0.25) is 0 Å². The fraction of sp³-hybridized carbons (Fsp3) is 0.306. The average molecular weight is 571 g/mol. The van der Waals surface area contributed by atoms with E-state index in [0.29, 0.717) is 11.5 Å². The Morgan fingerprint density at radius 3 is 2.40 bits per heavy atom. The molecule has 0 spiro atoms. The van der Waals surface area contributed by atoms with Gasteiger partial charge in [0.25, 0.3) is 5.91 Å². The van der Waals surface area contributed by atoms with Crippen LogP contribution >= 0.6 is 0 Å². The van der Waals surface area contributed by atoms with E-state index in [9.17, 15) is 4.79 Å².